The van der Waals surface area contributed by atoms with Gasteiger partial charge < -0.3 is 10.2 Å². The highest BCUT2D eigenvalue weighted by atomic mass is 35.5. The number of carbonyl (C=O) groups excluding carboxylic acids is 1. The van der Waals surface area contributed by atoms with Crippen LogP contribution in [0, 0.1) is 0 Å². The molecule has 2 aliphatic heterocycles. The molecule has 0 saturated carbocycles. The summed E-state index contributed by atoms with van der Waals surface area (Å²) in [4.78, 5) is 19.6. The van der Waals surface area contributed by atoms with Crippen molar-refractivity contribution in [3.05, 3.63) is 92.4 Å². The van der Waals surface area contributed by atoms with Gasteiger partial charge in [-0.05, 0) is 78.4 Å². The molecule has 1 aromatic carbocycles. The van der Waals surface area contributed by atoms with E-state index in [-0.39, 0.29) is 5.91 Å². The van der Waals surface area contributed by atoms with E-state index in [1.54, 1.807) is 6.20 Å². The lowest BCUT2D eigenvalue weighted by molar-refractivity contribution is -0.130. The molecule has 0 radical (unpaired) electrons. The molecule has 0 spiro atoms. The first kappa shape index (κ1) is 21.3. The number of nitrogens with zero attached hydrogens (tertiary/aromatic N) is 2. The molecule has 0 bridgehead atoms. The largest absolute Gasteiger partial charge is 0.387 e. The number of dihydropyridines is 1. The lowest BCUT2D eigenvalue weighted by Gasteiger charge is -2.31. The number of amides is 1. The molecule has 0 atom stereocenters. The summed E-state index contributed by atoms with van der Waals surface area (Å²) < 4.78 is 0. The molecule has 5 rings (SSSR count). The van der Waals surface area contributed by atoms with Crippen LogP contribution in [0.25, 0.3) is 5.57 Å². The van der Waals surface area contributed by atoms with E-state index >= 15 is 0 Å². The number of allylic oxidation sites excluding steroid dienone is 1. The Morgan fingerprint density at radius 1 is 1.03 bits per heavy atom. The van der Waals surface area contributed by atoms with Gasteiger partial charge in [0.2, 0.25) is 5.91 Å². The number of benzene rings is 1. The quantitative estimate of drug-likeness (QED) is 0.650. The van der Waals surface area contributed by atoms with Crippen LogP contribution >= 0.6 is 23.2 Å². The number of piperidine rings is 1. The Morgan fingerprint density at radius 3 is 2.59 bits per heavy atom. The molecule has 4 nitrogen and oxygen atoms in total. The van der Waals surface area contributed by atoms with Crippen LogP contribution in [-0.2, 0) is 17.6 Å². The van der Waals surface area contributed by atoms with Gasteiger partial charge in [0.25, 0.3) is 0 Å². The van der Waals surface area contributed by atoms with E-state index < -0.39 is 0 Å². The molecule has 2 aromatic rings. The van der Waals surface area contributed by atoms with Crippen LogP contribution in [0.15, 0.2) is 60.0 Å². The number of likely N-dealkylation sites (tertiary alicyclic amines) is 1. The fourth-order valence-electron chi connectivity index (χ4n) is 4.85. The first-order valence-electron chi connectivity index (χ1n) is 11.1. The van der Waals surface area contributed by atoms with Crippen LogP contribution in [0.2, 0.25) is 10.0 Å². The lowest BCUT2D eigenvalue weighted by atomic mass is 9.88. The van der Waals surface area contributed by atoms with Gasteiger partial charge in [-0.25, -0.2) is 0 Å². The second-order valence-electron chi connectivity index (χ2n) is 8.52. The zero-order chi connectivity index (χ0) is 22.1. The second kappa shape index (κ2) is 9.13. The standard InChI is InChI=1S/C26H25Cl2N3O/c27-21-3-4-23-19(14-21)1-2-20-15-22(28)16-30-26(20)25(23)18-7-11-31(12-8-18)24(32)13-17-5-9-29-10-6-17/h3-6,9,14-16,29H,1-2,7-8,10-13H2. The molecule has 1 amide bonds. The third-order valence-electron chi connectivity index (χ3n) is 6.50. The monoisotopic (exact) mass is 465 g/mol. The summed E-state index contributed by atoms with van der Waals surface area (Å²) in [5, 5.41) is 4.55. The van der Waals surface area contributed by atoms with Crippen LogP contribution in [0.4, 0.5) is 0 Å². The number of halogens is 2. The van der Waals surface area contributed by atoms with E-state index in [1.807, 2.05) is 29.3 Å². The van der Waals surface area contributed by atoms with E-state index in [1.165, 1.54) is 27.8 Å². The Bertz CT molecular complexity index is 1100. The minimum Gasteiger partial charge on any atom is -0.387 e. The fourth-order valence-corrected chi connectivity index (χ4v) is 5.23. The molecule has 1 saturated heterocycles. The van der Waals surface area contributed by atoms with Crippen LogP contribution in [0.5, 0.6) is 0 Å². The number of nitrogens with one attached hydrogen (secondary N) is 1. The highest BCUT2D eigenvalue weighted by Gasteiger charge is 2.27. The molecule has 0 unspecified atom stereocenters. The number of carbonyl (C=O) groups is 1. The molecule has 1 fully saturated rings. The van der Waals surface area contributed by atoms with Gasteiger partial charge in [0.1, 0.15) is 0 Å². The Hall–Kier alpha value is -2.56. The summed E-state index contributed by atoms with van der Waals surface area (Å²) in [6.07, 6.45) is 11.7. The first-order chi connectivity index (χ1) is 15.6. The first-order valence-corrected chi connectivity index (χ1v) is 11.9. The van der Waals surface area contributed by atoms with Crippen molar-refractivity contribution in [1.82, 2.24) is 15.2 Å². The zero-order valence-corrected chi connectivity index (χ0v) is 19.3. The maximum atomic E-state index is 12.8. The predicted octanol–water partition coefficient (Wildman–Crippen LogP) is 5.34. The molecule has 164 valence electrons. The Balaban J connectivity index is 1.45. The van der Waals surface area contributed by atoms with Gasteiger partial charge in [-0.15, -0.1) is 0 Å². The molecule has 3 heterocycles. The van der Waals surface area contributed by atoms with Crippen molar-refractivity contribution in [2.75, 3.05) is 19.6 Å². The minimum atomic E-state index is 0.199. The third kappa shape index (κ3) is 4.35. The van der Waals surface area contributed by atoms with E-state index in [9.17, 15) is 4.79 Å². The molecule has 3 aliphatic rings. The predicted molar refractivity (Wildman–Crippen MR) is 130 cm³/mol. The summed E-state index contributed by atoms with van der Waals surface area (Å²) in [5.74, 6) is 0.199. The maximum absolute atomic E-state index is 12.8. The fraction of sp³-hybridized carbons (Fsp3) is 0.308. The normalized spacial score (nSPS) is 17.8. The van der Waals surface area contributed by atoms with Gasteiger partial charge in [-0.3, -0.25) is 9.78 Å². The zero-order valence-electron chi connectivity index (χ0n) is 17.8. The SMILES string of the molecule is O=C(CC1=CCNC=C1)N1CCC(=C2c3ccc(Cl)cc3CCc3cc(Cl)cnc32)CC1. The summed E-state index contributed by atoms with van der Waals surface area (Å²) in [6, 6.07) is 8.19. The topological polar surface area (TPSA) is 45.2 Å². The number of hydrogen-bond acceptors (Lipinski definition) is 3. The van der Waals surface area contributed by atoms with Crippen LogP contribution in [0.1, 0.15) is 41.6 Å². The Morgan fingerprint density at radius 2 is 1.81 bits per heavy atom. The summed E-state index contributed by atoms with van der Waals surface area (Å²) in [6.45, 7) is 2.26. The van der Waals surface area contributed by atoms with Gasteiger partial charge in [-0.2, -0.15) is 0 Å². The Kier molecular flexibility index (Phi) is 6.07. The van der Waals surface area contributed by atoms with Crippen LogP contribution in [-0.4, -0.2) is 35.4 Å². The molecular weight excluding hydrogens is 441 g/mol. The van der Waals surface area contributed by atoms with E-state index in [0.717, 1.165) is 61.6 Å². The van der Waals surface area contributed by atoms with Crippen molar-refractivity contribution in [1.29, 1.82) is 0 Å². The number of aryl methyl sites for hydroxylation is 2. The van der Waals surface area contributed by atoms with Crippen molar-refractivity contribution in [2.24, 2.45) is 0 Å². The highest BCUT2D eigenvalue weighted by molar-refractivity contribution is 6.31. The van der Waals surface area contributed by atoms with Crippen LogP contribution in [0.3, 0.4) is 0 Å². The van der Waals surface area contributed by atoms with Crippen molar-refractivity contribution >= 4 is 34.7 Å². The maximum Gasteiger partial charge on any atom is 0.227 e. The summed E-state index contributed by atoms with van der Waals surface area (Å²) in [5.41, 5.74) is 8.31. The molecule has 1 aromatic heterocycles. The summed E-state index contributed by atoms with van der Waals surface area (Å²) >= 11 is 12.6. The van der Waals surface area contributed by atoms with Gasteiger partial charge in [0.15, 0.2) is 0 Å². The Labute approximate surface area is 198 Å². The second-order valence-corrected chi connectivity index (χ2v) is 9.39. The highest BCUT2D eigenvalue weighted by Crippen LogP contribution is 2.39. The number of hydrogen-bond donors (Lipinski definition) is 1. The van der Waals surface area contributed by atoms with Crippen molar-refractivity contribution in [2.45, 2.75) is 32.1 Å². The molecule has 32 heavy (non-hydrogen) atoms. The number of fused-ring (bicyclic) bond motifs is 2. The van der Waals surface area contributed by atoms with Crippen molar-refractivity contribution in [3.8, 4) is 0 Å². The van der Waals surface area contributed by atoms with E-state index in [0.29, 0.717) is 11.4 Å². The number of aromatic nitrogens is 1. The molecule has 1 N–H and O–H groups in total. The molecule has 1 aliphatic carbocycles. The lowest BCUT2D eigenvalue weighted by Crippen LogP contribution is -2.36. The number of rotatable bonds is 2. The van der Waals surface area contributed by atoms with Gasteiger partial charge in [0.05, 0.1) is 17.1 Å². The minimum absolute atomic E-state index is 0.199. The van der Waals surface area contributed by atoms with Crippen LogP contribution < -0.4 is 5.32 Å². The summed E-state index contributed by atoms with van der Waals surface area (Å²) in [7, 11) is 0. The van der Waals surface area contributed by atoms with Crippen molar-refractivity contribution in [3.63, 3.8) is 0 Å². The molecular formula is C26H25Cl2N3O. The van der Waals surface area contributed by atoms with Gasteiger partial charge in [0, 0.05) is 36.4 Å². The van der Waals surface area contributed by atoms with Gasteiger partial charge >= 0.3 is 0 Å². The van der Waals surface area contributed by atoms with E-state index in [2.05, 4.69) is 23.5 Å². The smallest absolute Gasteiger partial charge is 0.227 e. The number of pyridine rings is 1. The molecule has 6 heteroatoms. The average molecular weight is 466 g/mol. The van der Waals surface area contributed by atoms with Gasteiger partial charge in [-0.1, -0.05) is 40.9 Å². The van der Waals surface area contributed by atoms with E-state index in [4.69, 9.17) is 28.2 Å². The third-order valence-corrected chi connectivity index (χ3v) is 6.94. The average Bonchev–Trinajstić information content (AvgIpc) is 2.96. The van der Waals surface area contributed by atoms with Crippen molar-refractivity contribution < 1.29 is 4.79 Å².